The van der Waals surface area contributed by atoms with Crippen molar-refractivity contribution in [3.63, 3.8) is 0 Å². The summed E-state index contributed by atoms with van der Waals surface area (Å²) < 4.78 is 14.3. The van der Waals surface area contributed by atoms with Gasteiger partial charge in [-0.25, -0.2) is 0 Å². The first kappa shape index (κ1) is 14.8. The summed E-state index contributed by atoms with van der Waals surface area (Å²) in [6.07, 6.45) is -0.0988. The summed E-state index contributed by atoms with van der Waals surface area (Å²) in [4.78, 5) is 20.0. The lowest BCUT2D eigenvalue weighted by Crippen LogP contribution is -2.40. The second kappa shape index (κ2) is 9.06. The van der Waals surface area contributed by atoms with Crippen LogP contribution in [-0.4, -0.2) is 52.1 Å². The van der Waals surface area contributed by atoms with Crippen LogP contribution in [0.2, 0.25) is 6.32 Å². The van der Waals surface area contributed by atoms with E-state index < -0.39 is 8.60 Å². The SMILES string of the molecule is [B]CC(=O)NC(COC)COP(O)OC. The van der Waals surface area contributed by atoms with Gasteiger partial charge in [0.2, 0.25) is 5.91 Å². The number of methoxy groups -OCH3 is 1. The van der Waals surface area contributed by atoms with E-state index in [4.69, 9.17) is 22.0 Å². The van der Waals surface area contributed by atoms with Gasteiger partial charge in [-0.05, 0) is 6.32 Å². The molecule has 0 aliphatic carbocycles. The summed E-state index contributed by atoms with van der Waals surface area (Å²) in [6.45, 7) is 0.383. The van der Waals surface area contributed by atoms with E-state index >= 15 is 0 Å². The number of ether oxygens (including phenoxy) is 1. The van der Waals surface area contributed by atoms with Crippen LogP contribution in [0.5, 0.6) is 0 Å². The molecule has 0 aliphatic rings. The van der Waals surface area contributed by atoms with Crippen LogP contribution in [0.1, 0.15) is 0 Å². The fraction of sp³-hybridized carbons (Fsp3) is 0.857. The van der Waals surface area contributed by atoms with E-state index in [-0.39, 0.29) is 31.5 Å². The lowest BCUT2D eigenvalue weighted by molar-refractivity contribution is -0.120. The molecule has 6 nitrogen and oxygen atoms in total. The van der Waals surface area contributed by atoms with Crippen molar-refractivity contribution in [2.45, 2.75) is 12.4 Å². The molecule has 0 aromatic carbocycles. The Morgan fingerprint density at radius 1 is 1.53 bits per heavy atom. The molecule has 0 saturated carbocycles. The minimum Gasteiger partial charge on any atom is -0.382 e. The predicted octanol–water partition coefficient (Wildman–Crippen LogP) is -0.413. The number of carbonyl (C=O) groups excluding carboxylic acids is 1. The summed E-state index contributed by atoms with van der Waals surface area (Å²) in [5.41, 5.74) is 0. The van der Waals surface area contributed by atoms with Gasteiger partial charge in [-0.2, -0.15) is 0 Å². The third-order valence-corrected chi connectivity index (χ3v) is 2.14. The minimum absolute atomic E-state index is 0.0988. The average Bonchev–Trinajstić information content (AvgIpc) is 2.25. The van der Waals surface area contributed by atoms with Crippen molar-refractivity contribution in [1.82, 2.24) is 5.32 Å². The van der Waals surface area contributed by atoms with Crippen molar-refractivity contribution < 1.29 is 23.5 Å². The van der Waals surface area contributed by atoms with E-state index in [2.05, 4.69) is 9.84 Å². The normalized spacial score (nSPS) is 14.6. The molecule has 0 bridgehead atoms. The molecule has 2 radical (unpaired) electrons. The molecule has 0 aromatic rings. The summed E-state index contributed by atoms with van der Waals surface area (Å²) in [5.74, 6) is -0.305. The van der Waals surface area contributed by atoms with E-state index in [1.165, 1.54) is 14.2 Å². The molecule has 15 heavy (non-hydrogen) atoms. The molecule has 0 saturated heterocycles. The van der Waals surface area contributed by atoms with Crippen LogP contribution in [-0.2, 0) is 18.6 Å². The van der Waals surface area contributed by atoms with Gasteiger partial charge in [-0.3, -0.25) is 4.79 Å². The molecule has 0 rings (SSSR count). The Kier molecular flexibility index (Phi) is 8.94. The van der Waals surface area contributed by atoms with Gasteiger partial charge in [0, 0.05) is 14.2 Å². The van der Waals surface area contributed by atoms with Crippen molar-refractivity contribution in [2.24, 2.45) is 0 Å². The standard InChI is InChI=1S/C7H15BNO5P/c1-12-4-6(9-7(10)3-8)5-14-15(11)13-2/h6,11H,3-5H2,1-2H3,(H,9,10). The monoisotopic (exact) mass is 235 g/mol. The maximum absolute atomic E-state index is 11.0. The molecule has 86 valence electrons. The highest BCUT2D eigenvalue weighted by Crippen LogP contribution is 2.30. The molecule has 0 spiro atoms. The third-order valence-electron chi connectivity index (χ3n) is 1.46. The number of carbonyl (C=O) groups is 1. The smallest absolute Gasteiger partial charge is 0.329 e. The van der Waals surface area contributed by atoms with Gasteiger partial charge < -0.3 is 24.0 Å². The first-order valence-electron chi connectivity index (χ1n) is 4.28. The zero-order valence-electron chi connectivity index (χ0n) is 8.80. The summed E-state index contributed by atoms with van der Waals surface area (Å²) in [7, 11) is 6.07. The quantitative estimate of drug-likeness (QED) is 0.441. The van der Waals surface area contributed by atoms with Crippen LogP contribution in [0.25, 0.3) is 0 Å². The number of hydrogen-bond acceptors (Lipinski definition) is 5. The number of amides is 1. The number of nitrogens with one attached hydrogen (secondary N) is 1. The Labute approximate surface area is 91.7 Å². The highest BCUT2D eigenvalue weighted by molar-refractivity contribution is 7.40. The molecule has 0 aliphatic heterocycles. The molecule has 1 amide bonds. The molecule has 8 heteroatoms. The van der Waals surface area contributed by atoms with Crippen LogP contribution in [0.4, 0.5) is 0 Å². The Balaban J connectivity index is 3.87. The zero-order chi connectivity index (χ0) is 11.7. The van der Waals surface area contributed by atoms with Crippen LogP contribution < -0.4 is 5.32 Å². The lowest BCUT2D eigenvalue weighted by Gasteiger charge is -2.18. The largest absolute Gasteiger partial charge is 0.382 e. The Morgan fingerprint density at radius 3 is 2.67 bits per heavy atom. The van der Waals surface area contributed by atoms with Gasteiger partial charge in [0.15, 0.2) is 0 Å². The third kappa shape index (κ3) is 7.70. The predicted molar refractivity (Wildman–Crippen MR) is 56.5 cm³/mol. The zero-order valence-corrected chi connectivity index (χ0v) is 9.70. The number of hydrogen-bond donors (Lipinski definition) is 2. The average molecular weight is 235 g/mol. The van der Waals surface area contributed by atoms with Crippen molar-refractivity contribution in [2.75, 3.05) is 27.4 Å². The van der Waals surface area contributed by atoms with Crippen molar-refractivity contribution in [3.8, 4) is 0 Å². The fourth-order valence-electron chi connectivity index (χ4n) is 0.826. The van der Waals surface area contributed by atoms with Gasteiger partial charge in [-0.1, -0.05) is 0 Å². The molecular weight excluding hydrogens is 220 g/mol. The first-order valence-corrected chi connectivity index (χ1v) is 5.41. The molecule has 2 atom stereocenters. The fourth-order valence-corrected chi connectivity index (χ4v) is 1.24. The summed E-state index contributed by atoms with van der Waals surface area (Å²) in [6, 6.07) is -0.349. The molecule has 0 aromatic heterocycles. The lowest BCUT2D eigenvalue weighted by atomic mass is 10.0. The van der Waals surface area contributed by atoms with Gasteiger partial charge >= 0.3 is 8.60 Å². The molecule has 0 fully saturated rings. The number of rotatable bonds is 8. The van der Waals surface area contributed by atoms with Crippen molar-refractivity contribution in [1.29, 1.82) is 0 Å². The second-order valence-corrected chi connectivity index (χ2v) is 3.74. The van der Waals surface area contributed by atoms with Crippen LogP contribution in [0, 0.1) is 0 Å². The Morgan fingerprint density at radius 2 is 2.20 bits per heavy atom. The van der Waals surface area contributed by atoms with E-state index in [1.54, 1.807) is 0 Å². The molecule has 2 N–H and O–H groups in total. The maximum atomic E-state index is 11.0. The van der Waals surface area contributed by atoms with Gasteiger partial charge in [0.1, 0.15) is 0 Å². The van der Waals surface area contributed by atoms with E-state index in [0.717, 1.165) is 0 Å². The van der Waals surface area contributed by atoms with Crippen LogP contribution >= 0.6 is 8.60 Å². The Bertz CT molecular complexity index is 185. The van der Waals surface area contributed by atoms with Crippen LogP contribution in [0.15, 0.2) is 0 Å². The first-order chi connectivity index (χ1) is 7.13. The summed E-state index contributed by atoms with van der Waals surface area (Å²) in [5, 5.41) is 2.58. The van der Waals surface area contributed by atoms with E-state index in [1.807, 2.05) is 0 Å². The Hall–Kier alpha value is -0.195. The second-order valence-electron chi connectivity index (χ2n) is 2.64. The van der Waals surface area contributed by atoms with E-state index in [0.29, 0.717) is 0 Å². The molecule has 0 heterocycles. The topological polar surface area (TPSA) is 77.0 Å². The highest BCUT2D eigenvalue weighted by atomic mass is 31.2. The van der Waals surface area contributed by atoms with Crippen molar-refractivity contribution in [3.05, 3.63) is 0 Å². The molecule has 2 unspecified atom stereocenters. The maximum Gasteiger partial charge on any atom is 0.329 e. The molecular formula is C7H15BNO5P. The van der Waals surface area contributed by atoms with Gasteiger partial charge in [-0.15, -0.1) is 0 Å². The van der Waals surface area contributed by atoms with Gasteiger partial charge in [0.05, 0.1) is 27.1 Å². The minimum atomic E-state index is -1.89. The highest BCUT2D eigenvalue weighted by Gasteiger charge is 2.14. The van der Waals surface area contributed by atoms with Crippen LogP contribution in [0.3, 0.4) is 0 Å². The van der Waals surface area contributed by atoms with Crippen molar-refractivity contribution >= 4 is 22.4 Å². The summed E-state index contributed by atoms with van der Waals surface area (Å²) >= 11 is 0. The van der Waals surface area contributed by atoms with Gasteiger partial charge in [0.25, 0.3) is 0 Å². The van der Waals surface area contributed by atoms with E-state index in [9.17, 15) is 4.79 Å².